The van der Waals surface area contributed by atoms with Gasteiger partial charge in [-0.2, -0.15) is 5.26 Å². The van der Waals surface area contributed by atoms with E-state index < -0.39 is 23.1 Å². The summed E-state index contributed by atoms with van der Waals surface area (Å²) in [5.41, 5.74) is -1.72. The zero-order chi connectivity index (χ0) is 16.1. The van der Waals surface area contributed by atoms with Crippen molar-refractivity contribution in [3.8, 4) is 6.07 Å². The molecule has 6 heteroatoms. The summed E-state index contributed by atoms with van der Waals surface area (Å²) in [5, 5.41) is 12.0. The summed E-state index contributed by atoms with van der Waals surface area (Å²) in [4.78, 5) is 23.7. The molecule has 1 N–H and O–H groups in total. The Hall–Kier alpha value is -1.77. The van der Waals surface area contributed by atoms with Gasteiger partial charge in [-0.3, -0.25) is 4.79 Å². The quantitative estimate of drug-likeness (QED) is 0.760. The van der Waals surface area contributed by atoms with E-state index in [9.17, 15) is 14.9 Å². The van der Waals surface area contributed by atoms with Crippen molar-refractivity contribution in [2.75, 3.05) is 13.2 Å². The summed E-state index contributed by atoms with van der Waals surface area (Å²) >= 11 is 0. The Labute approximate surface area is 125 Å². The smallest absolute Gasteiger partial charge is 0.407 e. The minimum Gasteiger partial charge on any atom is -0.465 e. The van der Waals surface area contributed by atoms with Crippen LogP contribution in [0, 0.1) is 22.7 Å². The molecule has 1 aliphatic rings. The first-order valence-corrected chi connectivity index (χ1v) is 7.30. The van der Waals surface area contributed by atoms with Crippen molar-refractivity contribution < 1.29 is 19.1 Å². The molecule has 0 aliphatic heterocycles. The van der Waals surface area contributed by atoms with Gasteiger partial charge >= 0.3 is 12.1 Å². The van der Waals surface area contributed by atoms with Crippen LogP contribution in [0.1, 0.15) is 47.0 Å². The normalized spacial score (nSPS) is 17.3. The maximum atomic E-state index is 12.1. The molecule has 1 fully saturated rings. The number of hydrogen-bond donors (Lipinski definition) is 1. The summed E-state index contributed by atoms with van der Waals surface area (Å²) in [6.07, 6.45) is 1.39. The molecular formula is C15H24N2O4. The van der Waals surface area contributed by atoms with Gasteiger partial charge in [-0.1, -0.05) is 0 Å². The van der Waals surface area contributed by atoms with Crippen LogP contribution >= 0.6 is 0 Å². The third kappa shape index (κ3) is 4.92. The molecule has 1 saturated carbocycles. The largest absolute Gasteiger partial charge is 0.465 e. The number of rotatable bonds is 6. The molecule has 0 aromatic heterocycles. The SMILES string of the molecule is CCOC(=O)C(C#N)(CCNC(=O)OC(C)(C)C)C1CC1. The number of ether oxygens (including phenoxy) is 2. The van der Waals surface area contributed by atoms with Crippen LogP contribution in [-0.2, 0) is 14.3 Å². The molecule has 0 bridgehead atoms. The van der Waals surface area contributed by atoms with Crippen molar-refractivity contribution in [1.82, 2.24) is 5.32 Å². The van der Waals surface area contributed by atoms with Crippen molar-refractivity contribution in [1.29, 1.82) is 5.26 Å². The predicted molar refractivity (Wildman–Crippen MR) is 76.3 cm³/mol. The fraction of sp³-hybridized carbons (Fsp3) is 0.800. The van der Waals surface area contributed by atoms with Crippen LogP contribution in [0.15, 0.2) is 0 Å². The van der Waals surface area contributed by atoms with Crippen LogP contribution in [0.25, 0.3) is 0 Å². The van der Waals surface area contributed by atoms with E-state index in [1.165, 1.54) is 0 Å². The van der Waals surface area contributed by atoms with E-state index in [0.29, 0.717) is 0 Å². The molecule has 1 aliphatic carbocycles. The number of carbonyl (C=O) groups excluding carboxylic acids is 2. The molecule has 1 atom stereocenters. The van der Waals surface area contributed by atoms with Crippen molar-refractivity contribution in [2.45, 2.75) is 52.6 Å². The van der Waals surface area contributed by atoms with E-state index in [0.717, 1.165) is 12.8 Å². The number of nitrogens with one attached hydrogen (secondary N) is 1. The van der Waals surface area contributed by atoms with E-state index in [-0.39, 0.29) is 25.5 Å². The fourth-order valence-electron chi connectivity index (χ4n) is 2.18. The molecule has 118 valence electrons. The molecule has 0 radical (unpaired) electrons. The first kappa shape index (κ1) is 17.3. The van der Waals surface area contributed by atoms with Gasteiger partial charge in [0.15, 0.2) is 5.41 Å². The summed E-state index contributed by atoms with van der Waals surface area (Å²) in [6.45, 7) is 7.48. The summed E-state index contributed by atoms with van der Waals surface area (Å²) in [6, 6.07) is 2.12. The van der Waals surface area contributed by atoms with Crippen molar-refractivity contribution in [2.24, 2.45) is 11.3 Å². The average molecular weight is 296 g/mol. The van der Waals surface area contributed by atoms with E-state index in [1.807, 2.05) is 0 Å². The molecule has 1 unspecified atom stereocenters. The fourth-order valence-corrected chi connectivity index (χ4v) is 2.18. The monoisotopic (exact) mass is 296 g/mol. The number of hydrogen-bond acceptors (Lipinski definition) is 5. The molecule has 0 saturated heterocycles. The number of alkyl carbamates (subject to hydrolysis) is 1. The molecule has 0 aromatic carbocycles. The van der Waals surface area contributed by atoms with Crippen LogP contribution in [0.4, 0.5) is 4.79 Å². The maximum absolute atomic E-state index is 12.1. The van der Waals surface area contributed by atoms with Crippen molar-refractivity contribution >= 4 is 12.1 Å². The standard InChI is InChI=1S/C15H24N2O4/c1-5-20-12(18)15(10-16,11-6-7-11)8-9-17-13(19)21-14(2,3)4/h11H,5-9H2,1-4H3,(H,17,19). The first-order valence-electron chi connectivity index (χ1n) is 7.30. The van der Waals surface area contributed by atoms with Gasteiger partial charge in [-0.25, -0.2) is 4.79 Å². The Morgan fingerprint density at radius 1 is 1.33 bits per heavy atom. The molecule has 0 spiro atoms. The summed E-state index contributed by atoms with van der Waals surface area (Å²) < 4.78 is 10.2. The summed E-state index contributed by atoms with van der Waals surface area (Å²) in [5.74, 6) is -0.456. The lowest BCUT2D eigenvalue weighted by atomic mass is 9.81. The van der Waals surface area contributed by atoms with Gasteiger partial charge in [-0.05, 0) is 52.9 Å². The zero-order valence-corrected chi connectivity index (χ0v) is 13.2. The van der Waals surface area contributed by atoms with Crippen molar-refractivity contribution in [3.05, 3.63) is 0 Å². The molecular weight excluding hydrogens is 272 g/mol. The topological polar surface area (TPSA) is 88.4 Å². The molecule has 0 heterocycles. The van der Waals surface area contributed by atoms with Gasteiger partial charge in [-0.15, -0.1) is 0 Å². The lowest BCUT2D eigenvalue weighted by molar-refractivity contribution is -0.153. The van der Waals surface area contributed by atoms with E-state index in [4.69, 9.17) is 9.47 Å². The highest BCUT2D eigenvalue weighted by Crippen LogP contribution is 2.48. The highest BCUT2D eigenvalue weighted by atomic mass is 16.6. The number of esters is 1. The van der Waals surface area contributed by atoms with E-state index >= 15 is 0 Å². The Morgan fingerprint density at radius 2 is 1.95 bits per heavy atom. The van der Waals surface area contributed by atoms with Crippen LogP contribution in [0.2, 0.25) is 0 Å². The Balaban J connectivity index is 2.57. The third-order valence-corrected chi connectivity index (χ3v) is 3.30. The number of carbonyl (C=O) groups is 2. The Morgan fingerprint density at radius 3 is 2.38 bits per heavy atom. The van der Waals surface area contributed by atoms with Crippen LogP contribution in [0.3, 0.4) is 0 Å². The lowest BCUT2D eigenvalue weighted by Crippen LogP contribution is -2.39. The number of nitrogens with zero attached hydrogens (tertiary/aromatic N) is 1. The van der Waals surface area contributed by atoms with Crippen LogP contribution in [0.5, 0.6) is 0 Å². The van der Waals surface area contributed by atoms with Gasteiger partial charge in [0.1, 0.15) is 5.60 Å². The second-order valence-electron chi connectivity index (χ2n) is 6.26. The van der Waals surface area contributed by atoms with Gasteiger partial charge in [0, 0.05) is 6.54 Å². The summed E-state index contributed by atoms with van der Waals surface area (Å²) in [7, 11) is 0. The van der Waals surface area contributed by atoms with Gasteiger partial charge in [0.25, 0.3) is 0 Å². The highest BCUT2D eigenvalue weighted by molar-refractivity contribution is 5.81. The van der Waals surface area contributed by atoms with Crippen LogP contribution in [-0.4, -0.2) is 30.8 Å². The van der Waals surface area contributed by atoms with E-state index in [2.05, 4.69) is 11.4 Å². The zero-order valence-electron chi connectivity index (χ0n) is 13.2. The minimum atomic E-state index is -1.15. The average Bonchev–Trinajstić information content (AvgIpc) is 3.17. The maximum Gasteiger partial charge on any atom is 0.407 e. The van der Waals surface area contributed by atoms with Gasteiger partial charge in [0.2, 0.25) is 0 Å². The van der Waals surface area contributed by atoms with Crippen LogP contribution < -0.4 is 5.32 Å². The second kappa shape index (κ2) is 6.79. The van der Waals surface area contributed by atoms with Crippen molar-refractivity contribution in [3.63, 3.8) is 0 Å². The molecule has 0 aromatic rings. The van der Waals surface area contributed by atoms with Gasteiger partial charge < -0.3 is 14.8 Å². The molecule has 6 nitrogen and oxygen atoms in total. The lowest BCUT2D eigenvalue weighted by Gasteiger charge is -2.25. The highest BCUT2D eigenvalue weighted by Gasteiger charge is 2.52. The minimum absolute atomic E-state index is 0.0296. The number of amides is 1. The first-order chi connectivity index (χ1) is 9.75. The molecule has 1 amide bonds. The Kier molecular flexibility index (Phi) is 5.59. The van der Waals surface area contributed by atoms with Gasteiger partial charge in [0.05, 0.1) is 12.7 Å². The molecule has 21 heavy (non-hydrogen) atoms. The van der Waals surface area contributed by atoms with E-state index in [1.54, 1.807) is 27.7 Å². The molecule has 1 rings (SSSR count). The third-order valence-electron chi connectivity index (χ3n) is 3.30. The Bertz CT molecular complexity index is 432. The number of nitriles is 1. The predicted octanol–water partition coefficient (Wildman–Crippen LogP) is 2.38. The second-order valence-corrected chi connectivity index (χ2v) is 6.26.